The lowest BCUT2D eigenvalue weighted by Crippen LogP contribution is -2.17. The fourth-order valence-electron chi connectivity index (χ4n) is 3.20. The van der Waals surface area contributed by atoms with E-state index in [0.29, 0.717) is 12.8 Å². The van der Waals surface area contributed by atoms with Crippen molar-refractivity contribution in [2.45, 2.75) is 19.8 Å². The Morgan fingerprint density at radius 1 is 1.07 bits per heavy atom. The molecule has 5 nitrogen and oxygen atoms in total. The zero-order valence-electron chi connectivity index (χ0n) is 16.4. The molecule has 0 spiro atoms. The summed E-state index contributed by atoms with van der Waals surface area (Å²) >= 11 is 1.55. The Hall–Kier alpha value is -3.25. The van der Waals surface area contributed by atoms with E-state index in [9.17, 15) is 4.79 Å². The smallest absolute Gasteiger partial charge is 0.173 e. The number of carbonyl (C=O) groups is 1. The molecule has 6 heteroatoms. The Labute approximate surface area is 173 Å². The lowest BCUT2D eigenvalue weighted by atomic mass is 10.1. The summed E-state index contributed by atoms with van der Waals surface area (Å²) < 4.78 is 4.03. The highest BCUT2D eigenvalue weighted by Crippen LogP contribution is 2.18. The number of imidazole rings is 1. The molecule has 0 fully saturated rings. The number of rotatable bonds is 6. The number of carbonyl (C=O) groups excluding carboxylic acids is 1. The van der Waals surface area contributed by atoms with Crippen molar-refractivity contribution in [2.75, 3.05) is 7.05 Å². The van der Waals surface area contributed by atoms with Gasteiger partial charge in [0, 0.05) is 42.1 Å². The summed E-state index contributed by atoms with van der Waals surface area (Å²) in [5, 5.41) is 0. The van der Waals surface area contributed by atoms with Gasteiger partial charge in [0.05, 0.1) is 16.9 Å². The lowest BCUT2D eigenvalue weighted by molar-refractivity contribution is 0.0986. The zero-order valence-corrected chi connectivity index (χ0v) is 17.3. The fraction of sp³-hybridized carbons (Fsp3) is 0.174. The molecule has 0 N–H and O–H groups in total. The van der Waals surface area contributed by atoms with Gasteiger partial charge in [0.2, 0.25) is 0 Å². The minimum Gasteiger partial charge on any atom is -0.306 e. The van der Waals surface area contributed by atoms with Gasteiger partial charge in [-0.2, -0.15) is 0 Å². The molecule has 0 radical (unpaired) electrons. The van der Waals surface area contributed by atoms with E-state index in [0.717, 1.165) is 32.3 Å². The van der Waals surface area contributed by atoms with Gasteiger partial charge in [-0.3, -0.25) is 9.79 Å². The van der Waals surface area contributed by atoms with Crippen LogP contribution in [0.1, 0.15) is 26.7 Å². The van der Waals surface area contributed by atoms with Gasteiger partial charge < -0.3 is 9.13 Å². The maximum absolute atomic E-state index is 12.3. The number of hydrogen-bond acceptors (Lipinski definition) is 4. The Kier molecular flexibility index (Phi) is 5.53. The molecule has 4 rings (SSSR count). The van der Waals surface area contributed by atoms with Crippen LogP contribution in [0, 0.1) is 6.92 Å². The normalized spacial score (nSPS) is 11.7. The first-order valence-electron chi connectivity index (χ1n) is 9.48. The molecule has 0 saturated carbocycles. The molecule has 4 aromatic rings. The number of hydrogen-bond donors (Lipinski definition) is 0. The molecule has 3 aromatic heterocycles. The van der Waals surface area contributed by atoms with Crippen molar-refractivity contribution in [1.29, 1.82) is 0 Å². The van der Waals surface area contributed by atoms with Gasteiger partial charge in [0.15, 0.2) is 5.78 Å². The lowest BCUT2D eigenvalue weighted by Gasteiger charge is -2.08. The molecule has 0 bridgehead atoms. The maximum atomic E-state index is 12.3. The summed E-state index contributed by atoms with van der Waals surface area (Å²) in [5.74, 6) is 0.180. The molecule has 146 valence electrons. The van der Waals surface area contributed by atoms with Crippen LogP contribution in [-0.4, -0.2) is 26.9 Å². The van der Waals surface area contributed by atoms with Crippen molar-refractivity contribution in [3.05, 3.63) is 94.3 Å². The number of ketones is 1. The highest BCUT2D eigenvalue weighted by molar-refractivity contribution is 7.14. The molecule has 0 aliphatic rings. The second-order valence-corrected chi connectivity index (χ2v) is 8.06. The molecule has 0 amide bonds. The maximum Gasteiger partial charge on any atom is 0.173 e. The summed E-state index contributed by atoms with van der Waals surface area (Å²) in [4.78, 5) is 23.1. The van der Waals surface area contributed by atoms with Crippen LogP contribution >= 0.6 is 11.3 Å². The summed E-state index contributed by atoms with van der Waals surface area (Å²) in [6.07, 6.45) is 6.90. The second-order valence-electron chi connectivity index (χ2n) is 6.77. The number of thiophene rings is 1. The molecule has 0 unspecified atom stereocenters. The molecule has 0 saturated heterocycles. The Morgan fingerprint density at radius 2 is 1.86 bits per heavy atom. The van der Waals surface area contributed by atoms with Crippen LogP contribution in [0.25, 0.3) is 11.4 Å². The average Bonchev–Trinajstić information content (AvgIpc) is 3.41. The zero-order chi connectivity index (χ0) is 20.2. The van der Waals surface area contributed by atoms with E-state index < -0.39 is 0 Å². The Bertz CT molecular complexity index is 1200. The number of Topliss-reactive ketones (excluding diaryl/α,β-unsaturated/α-hetero) is 1. The van der Waals surface area contributed by atoms with Crippen molar-refractivity contribution >= 4 is 17.1 Å². The SMILES string of the molecule is CN=c1ccccn1-c1ccc(-n2cnc(CCC(=O)c3ccc(C)s3)c2)cc1. The minimum atomic E-state index is 0.180. The van der Waals surface area contributed by atoms with E-state index in [-0.39, 0.29) is 5.78 Å². The van der Waals surface area contributed by atoms with E-state index in [1.807, 2.05) is 58.8 Å². The molecule has 1 aromatic carbocycles. The fourth-order valence-corrected chi connectivity index (χ4v) is 4.04. The number of benzene rings is 1. The molecule has 0 aliphatic carbocycles. The van der Waals surface area contributed by atoms with Gasteiger partial charge in [0.25, 0.3) is 0 Å². The first kappa shape index (κ1) is 19.1. The Balaban J connectivity index is 1.46. The largest absolute Gasteiger partial charge is 0.306 e. The van der Waals surface area contributed by atoms with Crippen LogP contribution in [0.3, 0.4) is 0 Å². The average molecular weight is 403 g/mol. The first-order chi connectivity index (χ1) is 14.1. The third-order valence-corrected chi connectivity index (χ3v) is 5.79. The quantitative estimate of drug-likeness (QED) is 0.450. The summed E-state index contributed by atoms with van der Waals surface area (Å²) in [6.45, 7) is 2.02. The molecular weight excluding hydrogens is 380 g/mol. The number of pyridine rings is 1. The van der Waals surface area contributed by atoms with Crippen molar-refractivity contribution in [3.8, 4) is 11.4 Å². The van der Waals surface area contributed by atoms with E-state index in [1.165, 1.54) is 0 Å². The van der Waals surface area contributed by atoms with Gasteiger partial charge >= 0.3 is 0 Å². The highest BCUT2D eigenvalue weighted by atomic mass is 32.1. The van der Waals surface area contributed by atoms with Gasteiger partial charge in [-0.15, -0.1) is 11.3 Å². The van der Waals surface area contributed by atoms with Crippen LogP contribution in [0.15, 0.2) is 78.3 Å². The molecule has 29 heavy (non-hydrogen) atoms. The monoisotopic (exact) mass is 402 g/mol. The predicted octanol–water partition coefficient (Wildman–Crippen LogP) is 4.38. The minimum absolute atomic E-state index is 0.180. The molecule has 0 atom stereocenters. The van der Waals surface area contributed by atoms with E-state index >= 15 is 0 Å². The first-order valence-corrected chi connectivity index (χ1v) is 10.3. The molecule has 3 heterocycles. The number of nitrogens with zero attached hydrogens (tertiary/aromatic N) is 4. The Morgan fingerprint density at radius 3 is 2.59 bits per heavy atom. The molecule has 0 aliphatic heterocycles. The highest BCUT2D eigenvalue weighted by Gasteiger charge is 2.10. The van der Waals surface area contributed by atoms with Crippen molar-refractivity contribution in [1.82, 2.24) is 14.1 Å². The van der Waals surface area contributed by atoms with Gasteiger partial charge in [-0.1, -0.05) is 6.07 Å². The van der Waals surface area contributed by atoms with E-state index in [2.05, 4.69) is 34.2 Å². The molecular formula is C23H22N4OS. The number of aromatic nitrogens is 3. The van der Waals surface area contributed by atoms with Crippen LogP contribution in [0.4, 0.5) is 0 Å². The standard InChI is InChI=1S/C23H22N4OS/c1-17-6-13-22(29-17)21(28)12-7-18-15-26(16-25-18)19-8-10-20(11-9-19)27-14-4-3-5-23(27)24-2/h3-6,8-11,13-16H,7,12H2,1-2H3. The van der Waals surface area contributed by atoms with Crippen LogP contribution in [0.5, 0.6) is 0 Å². The third kappa shape index (κ3) is 4.27. The van der Waals surface area contributed by atoms with E-state index in [4.69, 9.17) is 0 Å². The summed E-state index contributed by atoms with van der Waals surface area (Å²) in [6, 6.07) is 18.1. The predicted molar refractivity (Wildman–Crippen MR) is 116 cm³/mol. The van der Waals surface area contributed by atoms with Gasteiger partial charge in [0.1, 0.15) is 5.49 Å². The number of aryl methyl sites for hydroxylation is 2. The van der Waals surface area contributed by atoms with Crippen LogP contribution < -0.4 is 5.49 Å². The van der Waals surface area contributed by atoms with Gasteiger partial charge in [-0.25, -0.2) is 4.98 Å². The third-order valence-electron chi connectivity index (χ3n) is 4.75. The summed E-state index contributed by atoms with van der Waals surface area (Å²) in [5.41, 5.74) is 3.89. The van der Waals surface area contributed by atoms with Crippen molar-refractivity contribution in [2.24, 2.45) is 4.99 Å². The van der Waals surface area contributed by atoms with Crippen LogP contribution in [0.2, 0.25) is 0 Å². The second kappa shape index (κ2) is 8.41. The van der Waals surface area contributed by atoms with Crippen LogP contribution in [-0.2, 0) is 6.42 Å². The summed E-state index contributed by atoms with van der Waals surface area (Å²) in [7, 11) is 1.79. The van der Waals surface area contributed by atoms with Crippen molar-refractivity contribution < 1.29 is 4.79 Å². The van der Waals surface area contributed by atoms with E-state index in [1.54, 1.807) is 24.7 Å². The van der Waals surface area contributed by atoms with Crippen molar-refractivity contribution in [3.63, 3.8) is 0 Å². The van der Waals surface area contributed by atoms with Gasteiger partial charge in [-0.05, 0) is 61.9 Å². The topological polar surface area (TPSA) is 52.2 Å².